The molecule has 3 unspecified atom stereocenters. The van der Waals surface area contributed by atoms with E-state index in [1.807, 2.05) is 0 Å². The number of hydrogen-bond acceptors (Lipinski definition) is 7. The van der Waals surface area contributed by atoms with Crippen molar-refractivity contribution in [3.05, 3.63) is 0 Å². The highest BCUT2D eigenvalue weighted by atomic mass is 16.2. The van der Waals surface area contributed by atoms with Crippen molar-refractivity contribution >= 4 is 30.3 Å². The number of nitrogens with two attached hydrogens (primary N) is 4. The van der Waals surface area contributed by atoms with Crippen LogP contribution in [0.1, 0.15) is 38.5 Å². The SMILES string of the molecule is NCCCCC(N)C(=O)NC(CCCN=C(N)N)C(=O)NC(C=O)CC=O. The normalized spacial score (nSPS) is 13.7. The summed E-state index contributed by atoms with van der Waals surface area (Å²) in [5, 5.41) is 5.00. The van der Waals surface area contributed by atoms with Gasteiger partial charge in [-0.1, -0.05) is 6.42 Å². The van der Waals surface area contributed by atoms with Crippen molar-refractivity contribution in [1.29, 1.82) is 0 Å². The molecular formula is C16H31N7O4. The number of hydrogen-bond donors (Lipinski definition) is 6. The van der Waals surface area contributed by atoms with E-state index in [0.717, 1.165) is 6.42 Å². The van der Waals surface area contributed by atoms with Crippen LogP contribution in [0.3, 0.4) is 0 Å². The Balaban J connectivity index is 4.86. The first kappa shape index (κ1) is 24.5. The Labute approximate surface area is 158 Å². The highest BCUT2D eigenvalue weighted by Gasteiger charge is 2.25. The maximum absolute atomic E-state index is 12.4. The zero-order chi connectivity index (χ0) is 20.7. The Kier molecular flexibility index (Phi) is 13.2. The van der Waals surface area contributed by atoms with Gasteiger partial charge in [-0.2, -0.15) is 0 Å². The van der Waals surface area contributed by atoms with Crippen LogP contribution < -0.4 is 33.6 Å². The van der Waals surface area contributed by atoms with Gasteiger partial charge in [-0.05, 0) is 32.2 Å². The third-order valence-corrected chi connectivity index (χ3v) is 3.73. The van der Waals surface area contributed by atoms with Gasteiger partial charge >= 0.3 is 0 Å². The lowest BCUT2D eigenvalue weighted by Crippen LogP contribution is -2.53. The Morgan fingerprint density at radius 1 is 1.00 bits per heavy atom. The van der Waals surface area contributed by atoms with Gasteiger partial charge in [-0.25, -0.2) is 0 Å². The summed E-state index contributed by atoms with van der Waals surface area (Å²) in [6, 6.07) is -2.66. The molecule has 0 aromatic carbocycles. The van der Waals surface area contributed by atoms with E-state index in [0.29, 0.717) is 38.4 Å². The Morgan fingerprint density at radius 2 is 1.70 bits per heavy atom. The molecule has 0 aromatic heterocycles. The number of carbonyl (C=O) groups excluding carboxylic acids is 4. The summed E-state index contributed by atoms with van der Waals surface area (Å²) in [4.78, 5) is 49.9. The molecule has 0 radical (unpaired) electrons. The fourth-order valence-corrected chi connectivity index (χ4v) is 2.23. The summed E-state index contributed by atoms with van der Waals surface area (Å²) in [5.41, 5.74) is 21.7. The summed E-state index contributed by atoms with van der Waals surface area (Å²) in [5.74, 6) is -1.14. The molecule has 0 aliphatic rings. The first-order chi connectivity index (χ1) is 12.8. The van der Waals surface area contributed by atoms with Gasteiger partial charge in [0.05, 0.1) is 12.1 Å². The van der Waals surface area contributed by atoms with Gasteiger partial charge in [0.1, 0.15) is 18.6 Å². The third kappa shape index (κ3) is 11.7. The number of nitrogens with one attached hydrogen (secondary N) is 2. The van der Waals surface area contributed by atoms with Crippen molar-refractivity contribution in [1.82, 2.24) is 10.6 Å². The van der Waals surface area contributed by atoms with Gasteiger partial charge in [0.15, 0.2) is 5.96 Å². The number of amides is 2. The van der Waals surface area contributed by atoms with Gasteiger partial charge in [-0.15, -0.1) is 0 Å². The molecule has 154 valence electrons. The molecule has 27 heavy (non-hydrogen) atoms. The molecule has 0 rings (SSSR count). The molecule has 11 heteroatoms. The van der Waals surface area contributed by atoms with Crippen LogP contribution in [0.15, 0.2) is 4.99 Å². The van der Waals surface area contributed by atoms with E-state index in [1.54, 1.807) is 0 Å². The molecule has 2 amide bonds. The number of unbranched alkanes of at least 4 members (excludes halogenated alkanes) is 1. The number of rotatable bonds is 15. The zero-order valence-electron chi connectivity index (χ0n) is 15.4. The number of aldehydes is 2. The van der Waals surface area contributed by atoms with E-state index in [-0.39, 0.29) is 25.3 Å². The first-order valence-corrected chi connectivity index (χ1v) is 8.86. The van der Waals surface area contributed by atoms with Crippen LogP contribution in [0.5, 0.6) is 0 Å². The molecule has 0 spiro atoms. The molecule has 0 fully saturated rings. The smallest absolute Gasteiger partial charge is 0.243 e. The average molecular weight is 385 g/mol. The van der Waals surface area contributed by atoms with Gasteiger partial charge in [0.25, 0.3) is 0 Å². The van der Waals surface area contributed by atoms with Gasteiger partial charge in [0, 0.05) is 13.0 Å². The summed E-state index contributed by atoms with van der Waals surface area (Å²) >= 11 is 0. The second kappa shape index (κ2) is 14.6. The van der Waals surface area contributed by atoms with E-state index in [2.05, 4.69) is 15.6 Å². The van der Waals surface area contributed by atoms with Gasteiger partial charge < -0.3 is 43.2 Å². The number of nitrogens with zero attached hydrogens (tertiary/aromatic N) is 1. The average Bonchev–Trinajstić information content (AvgIpc) is 2.63. The lowest BCUT2D eigenvalue weighted by atomic mass is 10.1. The maximum atomic E-state index is 12.4. The van der Waals surface area contributed by atoms with Crippen LogP contribution in [0, 0.1) is 0 Å². The molecule has 10 N–H and O–H groups in total. The lowest BCUT2D eigenvalue weighted by molar-refractivity contribution is -0.131. The molecule has 0 bridgehead atoms. The molecule has 0 heterocycles. The summed E-state index contributed by atoms with van der Waals surface area (Å²) in [7, 11) is 0. The fourth-order valence-electron chi connectivity index (χ4n) is 2.23. The fraction of sp³-hybridized carbons (Fsp3) is 0.688. The monoisotopic (exact) mass is 385 g/mol. The van der Waals surface area contributed by atoms with Crippen molar-refractivity contribution in [2.75, 3.05) is 13.1 Å². The van der Waals surface area contributed by atoms with Crippen LogP contribution in [0.25, 0.3) is 0 Å². The first-order valence-electron chi connectivity index (χ1n) is 8.86. The predicted octanol–water partition coefficient (Wildman–Crippen LogP) is -2.75. The van der Waals surface area contributed by atoms with Crippen LogP contribution in [0.4, 0.5) is 0 Å². The van der Waals surface area contributed by atoms with Crippen molar-refractivity contribution in [2.24, 2.45) is 27.9 Å². The number of carbonyl (C=O) groups is 4. The molecule has 3 atom stereocenters. The Morgan fingerprint density at radius 3 is 2.26 bits per heavy atom. The van der Waals surface area contributed by atoms with Crippen molar-refractivity contribution in [3.63, 3.8) is 0 Å². The summed E-state index contributed by atoms with van der Waals surface area (Å²) in [6.07, 6.45) is 3.36. The van der Waals surface area contributed by atoms with Crippen LogP contribution in [-0.2, 0) is 19.2 Å². The highest BCUT2D eigenvalue weighted by molar-refractivity contribution is 5.91. The number of aliphatic imine (C=N–C) groups is 1. The highest BCUT2D eigenvalue weighted by Crippen LogP contribution is 2.03. The van der Waals surface area contributed by atoms with Gasteiger partial charge in [-0.3, -0.25) is 14.6 Å². The minimum Gasteiger partial charge on any atom is -0.370 e. The summed E-state index contributed by atoms with van der Waals surface area (Å²) < 4.78 is 0. The van der Waals surface area contributed by atoms with Crippen LogP contribution in [-0.4, -0.2) is 61.6 Å². The maximum Gasteiger partial charge on any atom is 0.243 e. The van der Waals surface area contributed by atoms with Crippen LogP contribution >= 0.6 is 0 Å². The molecule has 0 aliphatic heterocycles. The standard InChI is InChI=1S/C16H31N7O4/c17-7-2-1-4-12(18)14(26)23-13(5-3-8-21-16(19)20)15(27)22-11(10-25)6-9-24/h9-13H,1-8,17-18H2,(H,22,27)(H,23,26)(H4,19,20,21). The molecule has 0 saturated heterocycles. The van der Waals surface area contributed by atoms with Crippen molar-refractivity contribution < 1.29 is 19.2 Å². The van der Waals surface area contributed by atoms with Crippen LogP contribution in [0.2, 0.25) is 0 Å². The van der Waals surface area contributed by atoms with Crippen molar-refractivity contribution in [2.45, 2.75) is 56.7 Å². The second-order valence-electron chi connectivity index (χ2n) is 6.05. The quantitative estimate of drug-likeness (QED) is 0.0751. The minimum absolute atomic E-state index is 0.0750. The Bertz CT molecular complexity index is 509. The van der Waals surface area contributed by atoms with E-state index < -0.39 is 29.9 Å². The van der Waals surface area contributed by atoms with Crippen molar-refractivity contribution in [3.8, 4) is 0 Å². The topological polar surface area (TPSA) is 209 Å². The molecular weight excluding hydrogens is 354 g/mol. The molecule has 0 saturated carbocycles. The van der Waals surface area contributed by atoms with E-state index >= 15 is 0 Å². The molecule has 0 aliphatic carbocycles. The minimum atomic E-state index is -0.953. The second-order valence-corrected chi connectivity index (χ2v) is 6.05. The lowest BCUT2D eigenvalue weighted by Gasteiger charge is -2.22. The predicted molar refractivity (Wildman–Crippen MR) is 101 cm³/mol. The molecule has 0 aromatic rings. The molecule has 11 nitrogen and oxygen atoms in total. The summed E-state index contributed by atoms with van der Waals surface area (Å²) in [6.45, 7) is 0.782. The number of guanidine groups is 1. The van der Waals surface area contributed by atoms with Gasteiger partial charge in [0.2, 0.25) is 11.8 Å². The Hall–Kier alpha value is -2.53. The third-order valence-electron chi connectivity index (χ3n) is 3.73. The van der Waals surface area contributed by atoms with E-state index in [9.17, 15) is 19.2 Å². The largest absolute Gasteiger partial charge is 0.370 e. The van der Waals surface area contributed by atoms with E-state index in [1.165, 1.54) is 0 Å². The van der Waals surface area contributed by atoms with E-state index in [4.69, 9.17) is 22.9 Å². The zero-order valence-corrected chi connectivity index (χ0v) is 15.4.